The van der Waals surface area contributed by atoms with Crippen molar-refractivity contribution in [3.63, 3.8) is 0 Å². The second kappa shape index (κ2) is 6.65. The van der Waals surface area contributed by atoms with E-state index in [1.54, 1.807) is 30.1 Å². The fourth-order valence-electron chi connectivity index (χ4n) is 3.16. The molecule has 1 fully saturated rings. The highest BCUT2D eigenvalue weighted by molar-refractivity contribution is 6.63. The van der Waals surface area contributed by atoms with Crippen molar-refractivity contribution in [3.8, 4) is 5.75 Å². The quantitative estimate of drug-likeness (QED) is 0.677. The van der Waals surface area contributed by atoms with Crippen LogP contribution in [-0.4, -0.2) is 40.0 Å². The van der Waals surface area contributed by atoms with Gasteiger partial charge in [-0.15, -0.1) is 0 Å². The fourth-order valence-corrected chi connectivity index (χ4v) is 3.35. The van der Waals surface area contributed by atoms with E-state index >= 15 is 0 Å². The van der Waals surface area contributed by atoms with Crippen LogP contribution in [0.4, 0.5) is 11.4 Å². The Balaban J connectivity index is 1.74. The fraction of sp³-hybridized carbons (Fsp3) is 0.368. The molecule has 0 atom stereocenters. The van der Waals surface area contributed by atoms with E-state index in [-0.39, 0.29) is 0 Å². The van der Waals surface area contributed by atoms with Gasteiger partial charge in [-0.05, 0) is 33.8 Å². The summed E-state index contributed by atoms with van der Waals surface area (Å²) in [6.45, 7) is 8.09. The Labute approximate surface area is 169 Å². The summed E-state index contributed by atoms with van der Waals surface area (Å²) in [5, 5.41) is 7.91. The van der Waals surface area contributed by atoms with Crippen LogP contribution in [0.3, 0.4) is 0 Å². The van der Waals surface area contributed by atoms with Gasteiger partial charge in [0.1, 0.15) is 5.75 Å². The number of halogens is 1. The predicted octanol–water partition coefficient (Wildman–Crippen LogP) is 3.43. The van der Waals surface area contributed by atoms with Gasteiger partial charge in [0, 0.05) is 23.9 Å². The van der Waals surface area contributed by atoms with Crippen molar-refractivity contribution in [1.29, 1.82) is 0 Å². The van der Waals surface area contributed by atoms with Crippen LogP contribution < -0.4 is 15.5 Å². The minimum absolute atomic E-state index is 0.356. The van der Waals surface area contributed by atoms with Gasteiger partial charge in [0.15, 0.2) is 10.8 Å². The highest BCUT2D eigenvalue weighted by atomic mass is 35.5. The number of benzene rings is 1. The van der Waals surface area contributed by atoms with Crippen LogP contribution in [0.1, 0.15) is 27.7 Å². The van der Waals surface area contributed by atoms with Crippen LogP contribution >= 0.6 is 11.6 Å². The molecule has 28 heavy (non-hydrogen) atoms. The number of anilines is 2. The maximum Gasteiger partial charge on any atom is 0.498 e. The van der Waals surface area contributed by atoms with E-state index in [0.717, 1.165) is 16.8 Å². The van der Waals surface area contributed by atoms with Crippen molar-refractivity contribution >= 4 is 41.2 Å². The van der Waals surface area contributed by atoms with E-state index < -0.39 is 18.3 Å². The summed E-state index contributed by atoms with van der Waals surface area (Å²) in [6.07, 6.45) is 3.41. The van der Waals surface area contributed by atoms with Gasteiger partial charge in [-0.1, -0.05) is 23.7 Å². The Kier molecular flexibility index (Phi) is 4.52. The zero-order valence-corrected chi connectivity index (χ0v) is 17.2. The average molecular weight is 401 g/mol. The minimum Gasteiger partial charge on any atom is -0.495 e. The molecule has 4 rings (SSSR count). The molecule has 0 amide bonds. The molecule has 7 nitrogen and oxygen atoms in total. The average Bonchev–Trinajstić information content (AvgIpc) is 3.16. The Morgan fingerprint density at radius 1 is 1.14 bits per heavy atom. The van der Waals surface area contributed by atoms with Crippen molar-refractivity contribution in [2.75, 3.05) is 12.4 Å². The molecule has 1 N–H and O–H groups in total. The number of imidazole rings is 1. The lowest BCUT2D eigenvalue weighted by Gasteiger charge is -2.32. The first-order valence-electron chi connectivity index (χ1n) is 9.01. The zero-order valence-electron chi connectivity index (χ0n) is 16.5. The predicted molar refractivity (Wildman–Crippen MR) is 110 cm³/mol. The van der Waals surface area contributed by atoms with Crippen molar-refractivity contribution in [2.45, 2.75) is 38.9 Å². The summed E-state index contributed by atoms with van der Waals surface area (Å²) in [5.41, 5.74) is 2.06. The first-order chi connectivity index (χ1) is 13.2. The molecule has 2 aromatic heterocycles. The van der Waals surface area contributed by atoms with Crippen molar-refractivity contribution in [3.05, 3.63) is 41.8 Å². The molecule has 0 bridgehead atoms. The van der Waals surface area contributed by atoms with Gasteiger partial charge in [0.2, 0.25) is 0 Å². The molecule has 1 aromatic carbocycles. The number of nitrogens with zero attached hydrogens (tertiary/aromatic N) is 3. The zero-order chi connectivity index (χ0) is 20.1. The molecular formula is C19H22BClN4O3. The Morgan fingerprint density at radius 3 is 2.54 bits per heavy atom. The molecule has 0 unspecified atom stereocenters. The number of rotatable bonds is 4. The van der Waals surface area contributed by atoms with Gasteiger partial charge in [0.25, 0.3) is 0 Å². The van der Waals surface area contributed by atoms with Crippen LogP contribution in [0.5, 0.6) is 5.75 Å². The lowest BCUT2D eigenvalue weighted by Crippen LogP contribution is -2.41. The summed E-state index contributed by atoms with van der Waals surface area (Å²) < 4.78 is 19.7. The molecule has 0 aliphatic carbocycles. The molecule has 1 saturated heterocycles. The summed E-state index contributed by atoms with van der Waals surface area (Å²) >= 11 is 6.15. The van der Waals surface area contributed by atoms with Gasteiger partial charge in [-0.2, -0.15) is 5.10 Å². The molecule has 3 aromatic rings. The van der Waals surface area contributed by atoms with Gasteiger partial charge < -0.3 is 19.4 Å². The maximum absolute atomic E-state index is 6.20. The number of para-hydroxylation sites is 1. The molecule has 146 valence electrons. The molecule has 0 saturated carbocycles. The van der Waals surface area contributed by atoms with Crippen LogP contribution in [0, 0.1) is 0 Å². The van der Waals surface area contributed by atoms with Gasteiger partial charge >= 0.3 is 7.12 Å². The number of nitrogens with one attached hydrogen (secondary N) is 1. The lowest BCUT2D eigenvalue weighted by atomic mass is 9.78. The van der Waals surface area contributed by atoms with E-state index in [1.807, 2.05) is 45.9 Å². The first-order valence-corrected chi connectivity index (χ1v) is 9.39. The third kappa shape index (κ3) is 3.11. The number of hydrogen-bond donors (Lipinski definition) is 1. The summed E-state index contributed by atoms with van der Waals surface area (Å²) in [6, 6.07) is 7.51. The topological polar surface area (TPSA) is 69.9 Å². The summed E-state index contributed by atoms with van der Waals surface area (Å²) in [4.78, 5) is 4.34. The molecule has 3 heterocycles. The van der Waals surface area contributed by atoms with Gasteiger partial charge in [0.05, 0.1) is 29.7 Å². The number of hydrogen-bond acceptors (Lipinski definition) is 6. The summed E-state index contributed by atoms with van der Waals surface area (Å²) in [7, 11) is 1.09. The van der Waals surface area contributed by atoms with E-state index in [2.05, 4.69) is 15.4 Å². The van der Waals surface area contributed by atoms with Crippen LogP contribution in [0.2, 0.25) is 5.15 Å². The highest BCUT2D eigenvalue weighted by Gasteiger charge is 2.52. The van der Waals surface area contributed by atoms with E-state index in [9.17, 15) is 0 Å². The standard InChI is InChI=1S/C19H22BClN4O3/c1-18(2)19(3,4)28-20(27-18)12-7-6-8-13(16(12)26-5)23-14-11-15(21)24-25-10-9-22-17(14)25/h6-11,23H,1-5H3. The van der Waals surface area contributed by atoms with E-state index in [0.29, 0.717) is 16.5 Å². The SMILES string of the molecule is COc1c(Nc2cc(Cl)nn3ccnc23)cccc1B1OC(C)(C)C(C)(C)O1. The van der Waals surface area contributed by atoms with Crippen molar-refractivity contribution in [1.82, 2.24) is 14.6 Å². The van der Waals surface area contributed by atoms with Crippen LogP contribution in [0.15, 0.2) is 36.7 Å². The Bertz CT molecular complexity index is 1020. The molecule has 1 aliphatic heterocycles. The monoisotopic (exact) mass is 400 g/mol. The molecular weight excluding hydrogens is 378 g/mol. The molecule has 1 aliphatic rings. The molecule has 0 radical (unpaired) electrons. The first kappa shape index (κ1) is 19.0. The third-order valence-corrected chi connectivity index (χ3v) is 5.54. The van der Waals surface area contributed by atoms with Gasteiger partial charge in [-0.25, -0.2) is 9.50 Å². The Hall–Kier alpha value is -2.29. The second-order valence-corrected chi connectivity index (χ2v) is 8.10. The van der Waals surface area contributed by atoms with Crippen LogP contribution in [-0.2, 0) is 9.31 Å². The third-order valence-electron chi connectivity index (χ3n) is 5.36. The highest BCUT2D eigenvalue weighted by Crippen LogP contribution is 2.38. The Morgan fingerprint density at radius 2 is 1.86 bits per heavy atom. The van der Waals surface area contributed by atoms with E-state index in [1.165, 1.54) is 0 Å². The molecule has 0 spiro atoms. The largest absolute Gasteiger partial charge is 0.498 e. The number of fused-ring (bicyclic) bond motifs is 1. The normalized spacial score (nSPS) is 17.9. The van der Waals surface area contributed by atoms with Crippen molar-refractivity contribution in [2.24, 2.45) is 0 Å². The van der Waals surface area contributed by atoms with E-state index in [4.69, 9.17) is 25.6 Å². The smallest absolute Gasteiger partial charge is 0.495 e. The second-order valence-electron chi connectivity index (χ2n) is 7.72. The maximum atomic E-state index is 6.20. The number of ether oxygens (including phenoxy) is 1. The van der Waals surface area contributed by atoms with Crippen LogP contribution in [0.25, 0.3) is 5.65 Å². The van der Waals surface area contributed by atoms with Gasteiger partial charge in [-0.3, -0.25) is 0 Å². The number of aromatic nitrogens is 3. The number of methoxy groups -OCH3 is 1. The molecule has 9 heteroatoms. The van der Waals surface area contributed by atoms with Crippen molar-refractivity contribution < 1.29 is 14.0 Å². The minimum atomic E-state index is -0.533. The lowest BCUT2D eigenvalue weighted by molar-refractivity contribution is 0.00578. The summed E-state index contributed by atoms with van der Waals surface area (Å²) in [5.74, 6) is 0.638.